The Labute approximate surface area is 127 Å². The van der Waals surface area contributed by atoms with Crippen LogP contribution < -0.4 is 5.32 Å². The summed E-state index contributed by atoms with van der Waals surface area (Å²) in [5.74, 6) is 0.283. The van der Waals surface area contributed by atoms with E-state index in [1.165, 1.54) is 0 Å². The molecule has 21 heavy (non-hydrogen) atoms. The molecule has 3 rings (SSSR count). The largest absolute Gasteiger partial charge is 0.482 e. The number of carbonyl (C=O) groups is 1. The second kappa shape index (κ2) is 5.25. The first-order valence-electron chi connectivity index (χ1n) is 8.21. The maximum atomic E-state index is 12.7. The maximum absolute atomic E-state index is 12.7. The van der Waals surface area contributed by atoms with E-state index in [4.69, 9.17) is 9.31 Å². The SMILES string of the molecule is CC1(C)OB([C@@H]2CCCN2C(=O)[C@@H]2CCCN2)OC1(C)C. The van der Waals surface area contributed by atoms with Gasteiger partial charge in [0.15, 0.2) is 0 Å². The van der Waals surface area contributed by atoms with Crippen LogP contribution in [0.15, 0.2) is 0 Å². The zero-order valence-corrected chi connectivity index (χ0v) is 13.6. The van der Waals surface area contributed by atoms with Crippen molar-refractivity contribution in [2.45, 2.75) is 76.6 Å². The minimum absolute atomic E-state index is 0.00646. The van der Waals surface area contributed by atoms with Crippen LogP contribution >= 0.6 is 0 Å². The lowest BCUT2D eigenvalue weighted by molar-refractivity contribution is -0.133. The summed E-state index contributed by atoms with van der Waals surface area (Å²) in [4.78, 5) is 14.7. The van der Waals surface area contributed by atoms with Gasteiger partial charge in [-0.15, -0.1) is 0 Å². The smallest absolute Gasteiger partial charge is 0.402 e. The summed E-state index contributed by atoms with van der Waals surface area (Å²) in [6.07, 6.45) is 4.04. The number of amides is 1. The third-order valence-corrected chi connectivity index (χ3v) is 5.53. The summed E-state index contributed by atoms with van der Waals surface area (Å²) >= 11 is 0. The van der Waals surface area contributed by atoms with Gasteiger partial charge in [-0.2, -0.15) is 0 Å². The topological polar surface area (TPSA) is 50.8 Å². The average molecular weight is 294 g/mol. The molecule has 0 aromatic heterocycles. The van der Waals surface area contributed by atoms with E-state index >= 15 is 0 Å². The quantitative estimate of drug-likeness (QED) is 0.781. The molecule has 3 aliphatic rings. The van der Waals surface area contributed by atoms with Gasteiger partial charge in [-0.05, 0) is 59.9 Å². The van der Waals surface area contributed by atoms with Crippen molar-refractivity contribution in [1.82, 2.24) is 10.2 Å². The Morgan fingerprint density at radius 3 is 2.38 bits per heavy atom. The number of nitrogens with one attached hydrogen (secondary N) is 1. The first-order valence-corrected chi connectivity index (χ1v) is 8.21. The van der Waals surface area contributed by atoms with Crippen LogP contribution in [0.3, 0.4) is 0 Å². The van der Waals surface area contributed by atoms with Crippen LogP contribution in [0.1, 0.15) is 53.4 Å². The minimum Gasteiger partial charge on any atom is -0.402 e. The molecule has 3 fully saturated rings. The molecule has 0 bridgehead atoms. The second-order valence-corrected chi connectivity index (χ2v) is 7.51. The Morgan fingerprint density at radius 2 is 1.81 bits per heavy atom. The van der Waals surface area contributed by atoms with Crippen molar-refractivity contribution in [3.8, 4) is 0 Å². The van der Waals surface area contributed by atoms with Crippen LogP contribution in [-0.4, -0.2) is 54.2 Å². The molecule has 118 valence electrons. The standard InChI is InChI=1S/C15H27BN2O3/c1-14(2)15(3,4)21-16(20-14)12-8-6-10-18(12)13(19)11-7-5-9-17-11/h11-12,17H,5-10H2,1-4H3/t11-,12-/m0/s1. The van der Waals surface area contributed by atoms with Crippen LogP contribution in [-0.2, 0) is 14.1 Å². The van der Waals surface area contributed by atoms with Crippen molar-refractivity contribution in [2.75, 3.05) is 13.1 Å². The highest BCUT2D eigenvalue weighted by Crippen LogP contribution is 2.40. The van der Waals surface area contributed by atoms with Gasteiger partial charge in [0, 0.05) is 6.54 Å². The molecule has 6 heteroatoms. The highest BCUT2D eigenvalue weighted by molar-refractivity contribution is 6.48. The molecule has 3 heterocycles. The molecule has 5 nitrogen and oxygen atoms in total. The van der Waals surface area contributed by atoms with E-state index in [1.807, 2.05) is 4.90 Å². The summed E-state index contributed by atoms with van der Waals surface area (Å²) < 4.78 is 12.3. The summed E-state index contributed by atoms with van der Waals surface area (Å²) in [7, 11) is -0.303. The van der Waals surface area contributed by atoms with Crippen LogP contribution in [0.4, 0.5) is 0 Å². The van der Waals surface area contributed by atoms with E-state index in [9.17, 15) is 4.79 Å². The molecule has 1 amide bonds. The van der Waals surface area contributed by atoms with E-state index in [2.05, 4.69) is 33.0 Å². The first kappa shape index (κ1) is 15.3. The fourth-order valence-electron chi connectivity index (χ4n) is 3.49. The number of nitrogens with zero attached hydrogens (tertiary/aromatic N) is 1. The monoisotopic (exact) mass is 294 g/mol. The summed E-state index contributed by atoms with van der Waals surface area (Å²) in [6, 6.07) is -0.00646. The van der Waals surface area contributed by atoms with E-state index in [-0.39, 0.29) is 36.2 Å². The molecular formula is C15H27BN2O3. The number of likely N-dealkylation sites (tertiary alicyclic amines) is 1. The Kier molecular flexibility index (Phi) is 3.83. The molecule has 3 saturated heterocycles. The van der Waals surface area contributed by atoms with E-state index < -0.39 is 0 Å². The molecule has 0 saturated carbocycles. The van der Waals surface area contributed by atoms with E-state index in [1.54, 1.807) is 0 Å². The van der Waals surface area contributed by atoms with Gasteiger partial charge in [0.1, 0.15) is 0 Å². The van der Waals surface area contributed by atoms with Gasteiger partial charge >= 0.3 is 7.12 Å². The van der Waals surface area contributed by atoms with Crippen molar-refractivity contribution in [3.05, 3.63) is 0 Å². The Bertz CT molecular complexity index is 405. The summed E-state index contributed by atoms with van der Waals surface area (Å²) in [5, 5.41) is 3.30. The van der Waals surface area contributed by atoms with Crippen molar-refractivity contribution in [3.63, 3.8) is 0 Å². The fraction of sp³-hybridized carbons (Fsp3) is 0.933. The summed E-state index contributed by atoms with van der Waals surface area (Å²) in [6.45, 7) is 10.0. The number of hydrogen-bond acceptors (Lipinski definition) is 4. The number of hydrogen-bond donors (Lipinski definition) is 1. The molecule has 0 spiro atoms. The lowest BCUT2D eigenvalue weighted by Gasteiger charge is -2.32. The van der Waals surface area contributed by atoms with Gasteiger partial charge in [0.05, 0.1) is 23.2 Å². The highest BCUT2D eigenvalue weighted by Gasteiger charge is 2.56. The molecule has 3 aliphatic heterocycles. The molecule has 2 atom stereocenters. The van der Waals surface area contributed by atoms with Crippen LogP contribution in [0.25, 0.3) is 0 Å². The van der Waals surface area contributed by atoms with Gasteiger partial charge in [-0.1, -0.05) is 0 Å². The van der Waals surface area contributed by atoms with Gasteiger partial charge in [-0.3, -0.25) is 4.79 Å². The Balaban J connectivity index is 1.71. The zero-order valence-electron chi connectivity index (χ0n) is 13.6. The molecule has 0 radical (unpaired) electrons. The molecule has 0 aromatic carbocycles. The van der Waals surface area contributed by atoms with Crippen LogP contribution in [0.2, 0.25) is 0 Å². The van der Waals surface area contributed by atoms with Crippen LogP contribution in [0, 0.1) is 0 Å². The predicted molar refractivity (Wildman–Crippen MR) is 81.8 cm³/mol. The fourth-order valence-corrected chi connectivity index (χ4v) is 3.49. The lowest BCUT2D eigenvalue weighted by Crippen LogP contribution is -2.52. The van der Waals surface area contributed by atoms with Gasteiger partial charge < -0.3 is 19.5 Å². The van der Waals surface area contributed by atoms with Gasteiger partial charge in [0.25, 0.3) is 0 Å². The lowest BCUT2D eigenvalue weighted by atomic mass is 9.76. The third-order valence-electron chi connectivity index (χ3n) is 5.53. The zero-order chi connectivity index (χ0) is 15.3. The van der Waals surface area contributed by atoms with E-state index in [0.717, 1.165) is 38.8 Å². The second-order valence-electron chi connectivity index (χ2n) is 7.51. The number of rotatable bonds is 2. The molecule has 0 aromatic rings. The Morgan fingerprint density at radius 1 is 1.14 bits per heavy atom. The first-order chi connectivity index (χ1) is 9.82. The predicted octanol–water partition coefficient (Wildman–Crippen LogP) is 1.36. The Hall–Kier alpha value is -0.585. The third kappa shape index (κ3) is 2.62. The van der Waals surface area contributed by atoms with Crippen molar-refractivity contribution < 1.29 is 14.1 Å². The normalized spacial score (nSPS) is 34.7. The highest BCUT2D eigenvalue weighted by atomic mass is 16.7. The van der Waals surface area contributed by atoms with Crippen molar-refractivity contribution in [1.29, 1.82) is 0 Å². The average Bonchev–Trinajstić information content (AvgIpc) is 3.10. The molecule has 0 unspecified atom stereocenters. The minimum atomic E-state index is -0.333. The van der Waals surface area contributed by atoms with Crippen molar-refractivity contribution in [2.24, 2.45) is 0 Å². The number of carbonyl (C=O) groups excluding carboxylic acids is 1. The van der Waals surface area contributed by atoms with Crippen molar-refractivity contribution >= 4 is 13.0 Å². The molecule has 0 aliphatic carbocycles. The maximum Gasteiger partial charge on any atom is 0.482 e. The summed E-state index contributed by atoms with van der Waals surface area (Å²) in [5.41, 5.74) is -0.666. The van der Waals surface area contributed by atoms with Crippen LogP contribution in [0.5, 0.6) is 0 Å². The molecule has 1 N–H and O–H groups in total. The molecular weight excluding hydrogens is 267 g/mol. The van der Waals surface area contributed by atoms with Gasteiger partial charge in [-0.25, -0.2) is 0 Å². The van der Waals surface area contributed by atoms with Gasteiger partial charge in [0.2, 0.25) is 5.91 Å². The van der Waals surface area contributed by atoms with E-state index in [0.29, 0.717) is 0 Å².